The fourth-order valence-electron chi connectivity index (χ4n) is 1.91. The molecule has 1 aliphatic heterocycles. The highest BCUT2D eigenvalue weighted by Crippen LogP contribution is 2.18. The van der Waals surface area contributed by atoms with Gasteiger partial charge in [0.15, 0.2) is 9.84 Å². The van der Waals surface area contributed by atoms with Gasteiger partial charge < -0.3 is 4.90 Å². The van der Waals surface area contributed by atoms with Crippen molar-refractivity contribution in [1.29, 1.82) is 0 Å². The number of amides is 1. The van der Waals surface area contributed by atoms with Crippen molar-refractivity contribution in [2.24, 2.45) is 0 Å². The number of benzene rings is 1. The van der Waals surface area contributed by atoms with Crippen molar-refractivity contribution < 1.29 is 13.2 Å². The number of halogens is 1. The highest BCUT2D eigenvalue weighted by atomic mass is 79.9. The summed E-state index contributed by atoms with van der Waals surface area (Å²) in [5.41, 5.74) is 1.53. The first kappa shape index (κ1) is 13.5. The fraction of sp³-hybridized carbons (Fsp3) is 0.417. The first-order valence-electron chi connectivity index (χ1n) is 5.65. The first-order valence-corrected chi connectivity index (χ1v) is 8.26. The van der Waals surface area contributed by atoms with E-state index >= 15 is 0 Å². The molecule has 1 fully saturated rings. The van der Waals surface area contributed by atoms with Crippen molar-refractivity contribution >= 4 is 31.7 Å². The van der Waals surface area contributed by atoms with Crippen molar-refractivity contribution in [1.82, 2.24) is 4.90 Å². The Morgan fingerprint density at radius 1 is 1.28 bits per heavy atom. The largest absolute Gasteiger partial charge is 0.337 e. The van der Waals surface area contributed by atoms with Crippen LogP contribution in [0.2, 0.25) is 0 Å². The molecule has 1 amide bonds. The molecule has 4 nitrogen and oxygen atoms in total. The highest BCUT2D eigenvalue weighted by molar-refractivity contribution is 9.10. The summed E-state index contributed by atoms with van der Waals surface area (Å²) in [6, 6.07) is 5.53. The van der Waals surface area contributed by atoms with Gasteiger partial charge in [-0.25, -0.2) is 8.42 Å². The molecule has 0 atom stereocenters. The third kappa shape index (κ3) is 2.92. The van der Waals surface area contributed by atoms with Gasteiger partial charge in [0, 0.05) is 23.1 Å². The summed E-state index contributed by atoms with van der Waals surface area (Å²) < 4.78 is 23.5. The molecule has 1 aliphatic rings. The Labute approximate surface area is 115 Å². The van der Waals surface area contributed by atoms with E-state index in [1.807, 2.05) is 19.1 Å². The van der Waals surface area contributed by atoms with E-state index in [-0.39, 0.29) is 30.5 Å². The van der Waals surface area contributed by atoms with E-state index in [0.29, 0.717) is 5.56 Å². The molecule has 0 saturated carbocycles. The van der Waals surface area contributed by atoms with Gasteiger partial charge in [-0.15, -0.1) is 0 Å². The lowest BCUT2D eigenvalue weighted by atomic mass is 10.1. The predicted molar refractivity (Wildman–Crippen MR) is 73.4 cm³/mol. The second kappa shape index (κ2) is 5.01. The number of hydrogen-bond acceptors (Lipinski definition) is 3. The van der Waals surface area contributed by atoms with Crippen LogP contribution in [0.3, 0.4) is 0 Å². The number of aryl methyl sites for hydroxylation is 1. The van der Waals surface area contributed by atoms with Gasteiger partial charge in [-0.1, -0.05) is 22.0 Å². The molecule has 0 unspecified atom stereocenters. The number of carbonyl (C=O) groups is 1. The summed E-state index contributed by atoms with van der Waals surface area (Å²) in [5.74, 6) is 0.0288. The Balaban J connectivity index is 2.20. The normalized spacial score (nSPS) is 18.7. The molecule has 0 N–H and O–H groups in total. The van der Waals surface area contributed by atoms with Crippen LogP contribution in [0.15, 0.2) is 22.7 Å². The van der Waals surface area contributed by atoms with Gasteiger partial charge in [0.25, 0.3) is 5.91 Å². The minimum atomic E-state index is -2.95. The number of sulfone groups is 1. The topological polar surface area (TPSA) is 54.5 Å². The molecule has 98 valence electrons. The summed E-state index contributed by atoms with van der Waals surface area (Å²) in [6.07, 6.45) is 0. The molecule has 0 radical (unpaired) electrons. The van der Waals surface area contributed by atoms with Crippen molar-refractivity contribution in [2.45, 2.75) is 6.92 Å². The number of hydrogen-bond donors (Lipinski definition) is 0. The Hall–Kier alpha value is -0.880. The first-order chi connectivity index (χ1) is 8.39. The quantitative estimate of drug-likeness (QED) is 0.785. The lowest BCUT2D eigenvalue weighted by Gasteiger charge is -2.27. The summed E-state index contributed by atoms with van der Waals surface area (Å²) in [6.45, 7) is 2.45. The SMILES string of the molecule is Cc1ccc(Br)cc1C(=O)N1CCS(=O)(=O)CC1. The van der Waals surface area contributed by atoms with E-state index in [2.05, 4.69) is 15.9 Å². The molecule has 1 saturated heterocycles. The van der Waals surface area contributed by atoms with Crippen LogP contribution in [0, 0.1) is 6.92 Å². The van der Waals surface area contributed by atoms with Gasteiger partial charge in [0.2, 0.25) is 0 Å². The van der Waals surface area contributed by atoms with E-state index in [0.717, 1.165) is 10.0 Å². The second-order valence-corrected chi connectivity index (χ2v) is 7.62. The molecular weight excluding hydrogens is 318 g/mol. The molecule has 6 heteroatoms. The fourth-order valence-corrected chi connectivity index (χ4v) is 3.47. The number of carbonyl (C=O) groups excluding carboxylic acids is 1. The van der Waals surface area contributed by atoms with E-state index in [9.17, 15) is 13.2 Å². The summed E-state index contributed by atoms with van der Waals surface area (Å²) in [5, 5.41) is 0. The lowest BCUT2D eigenvalue weighted by Crippen LogP contribution is -2.43. The van der Waals surface area contributed by atoms with Crippen molar-refractivity contribution in [3.63, 3.8) is 0 Å². The van der Waals surface area contributed by atoms with Gasteiger partial charge in [-0.05, 0) is 24.6 Å². The van der Waals surface area contributed by atoms with Crippen LogP contribution in [0.4, 0.5) is 0 Å². The predicted octanol–water partition coefficient (Wildman–Crippen LogP) is 1.63. The molecule has 18 heavy (non-hydrogen) atoms. The summed E-state index contributed by atoms with van der Waals surface area (Å²) >= 11 is 3.34. The third-order valence-electron chi connectivity index (χ3n) is 3.06. The maximum absolute atomic E-state index is 12.3. The number of nitrogens with zero attached hydrogens (tertiary/aromatic N) is 1. The number of rotatable bonds is 1. The molecule has 1 aromatic carbocycles. The van der Waals surface area contributed by atoms with Gasteiger partial charge in [0.1, 0.15) is 0 Å². The summed E-state index contributed by atoms with van der Waals surface area (Å²) in [7, 11) is -2.95. The minimum Gasteiger partial charge on any atom is -0.337 e. The average molecular weight is 332 g/mol. The summed E-state index contributed by atoms with van der Waals surface area (Å²) in [4.78, 5) is 13.9. The van der Waals surface area contributed by atoms with Crippen LogP contribution in [-0.2, 0) is 9.84 Å². The second-order valence-electron chi connectivity index (χ2n) is 4.40. The standard InChI is InChI=1S/C12H14BrNO3S/c1-9-2-3-10(13)8-11(9)12(15)14-4-6-18(16,17)7-5-14/h2-3,8H,4-7H2,1H3. The highest BCUT2D eigenvalue weighted by Gasteiger charge is 2.26. The van der Waals surface area contributed by atoms with Gasteiger partial charge in [0.05, 0.1) is 11.5 Å². The maximum Gasteiger partial charge on any atom is 0.254 e. The monoisotopic (exact) mass is 331 g/mol. The van der Waals surface area contributed by atoms with Crippen LogP contribution < -0.4 is 0 Å². The van der Waals surface area contributed by atoms with Crippen LogP contribution >= 0.6 is 15.9 Å². The minimum absolute atomic E-state index is 0.0613. The van der Waals surface area contributed by atoms with Crippen molar-refractivity contribution in [3.05, 3.63) is 33.8 Å². The molecular formula is C12H14BrNO3S. The van der Waals surface area contributed by atoms with Crippen LogP contribution in [0.25, 0.3) is 0 Å². The molecule has 0 spiro atoms. The van der Waals surface area contributed by atoms with Crippen molar-refractivity contribution in [3.8, 4) is 0 Å². The molecule has 2 rings (SSSR count). The third-order valence-corrected chi connectivity index (χ3v) is 5.16. The molecule has 1 aromatic rings. The maximum atomic E-state index is 12.3. The Morgan fingerprint density at radius 3 is 2.50 bits per heavy atom. The average Bonchev–Trinajstić information content (AvgIpc) is 2.31. The molecule has 1 heterocycles. The lowest BCUT2D eigenvalue weighted by molar-refractivity contribution is 0.0769. The zero-order chi connectivity index (χ0) is 13.3. The van der Waals surface area contributed by atoms with Crippen LogP contribution in [0.1, 0.15) is 15.9 Å². The van der Waals surface area contributed by atoms with Gasteiger partial charge >= 0.3 is 0 Å². The van der Waals surface area contributed by atoms with Gasteiger partial charge in [-0.3, -0.25) is 4.79 Å². The zero-order valence-corrected chi connectivity index (χ0v) is 12.4. The van der Waals surface area contributed by atoms with E-state index < -0.39 is 9.84 Å². The van der Waals surface area contributed by atoms with E-state index in [4.69, 9.17) is 0 Å². The molecule has 0 bridgehead atoms. The van der Waals surface area contributed by atoms with Crippen LogP contribution in [0.5, 0.6) is 0 Å². The molecule has 0 aliphatic carbocycles. The molecule has 0 aromatic heterocycles. The van der Waals surface area contributed by atoms with E-state index in [1.54, 1.807) is 11.0 Å². The smallest absolute Gasteiger partial charge is 0.254 e. The van der Waals surface area contributed by atoms with Gasteiger partial charge in [-0.2, -0.15) is 0 Å². The van der Waals surface area contributed by atoms with Crippen molar-refractivity contribution in [2.75, 3.05) is 24.6 Å². The Morgan fingerprint density at radius 2 is 1.89 bits per heavy atom. The Kier molecular flexibility index (Phi) is 3.77. The van der Waals surface area contributed by atoms with E-state index in [1.165, 1.54) is 0 Å². The zero-order valence-electron chi connectivity index (χ0n) is 10.0. The van der Waals surface area contributed by atoms with Crippen LogP contribution in [-0.4, -0.2) is 43.8 Å². The Bertz CT molecular complexity index is 569.